The van der Waals surface area contributed by atoms with Gasteiger partial charge in [-0.3, -0.25) is 4.90 Å². The highest BCUT2D eigenvalue weighted by atomic mass is 35.5. The molecule has 0 spiro atoms. The molecule has 0 radical (unpaired) electrons. The summed E-state index contributed by atoms with van der Waals surface area (Å²) in [7, 11) is 0. The zero-order valence-electron chi connectivity index (χ0n) is 12.2. The summed E-state index contributed by atoms with van der Waals surface area (Å²) in [6.45, 7) is 2.50. The van der Waals surface area contributed by atoms with Gasteiger partial charge in [0.1, 0.15) is 5.82 Å². The van der Waals surface area contributed by atoms with Gasteiger partial charge in [-0.2, -0.15) is 13.2 Å². The lowest BCUT2D eigenvalue weighted by Crippen LogP contribution is -2.45. The Morgan fingerprint density at radius 2 is 1.78 bits per heavy atom. The Bertz CT molecular complexity index is 459. The highest BCUT2D eigenvalue weighted by Gasteiger charge is 2.33. The van der Waals surface area contributed by atoms with Crippen molar-refractivity contribution >= 4 is 36.4 Å². The molecule has 0 unspecified atom stereocenters. The maximum absolute atomic E-state index is 14.1. The molecule has 0 aromatic heterocycles. The molecule has 23 heavy (non-hydrogen) atoms. The Kier molecular flexibility index (Phi) is 9.77. The summed E-state index contributed by atoms with van der Waals surface area (Å²) in [6, 6.07) is 3.56. The lowest BCUT2D eigenvalue weighted by Gasteiger charge is -2.36. The van der Waals surface area contributed by atoms with Gasteiger partial charge in [-0.15, -0.1) is 24.8 Å². The second-order valence-corrected chi connectivity index (χ2v) is 5.50. The monoisotopic (exact) mass is 396 g/mol. The second kappa shape index (κ2) is 9.89. The molecule has 0 aliphatic carbocycles. The summed E-state index contributed by atoms with van der Waals surface area (Å²) in [4.78, 5) is 1.87. The van der Waals surface area contributed by atoms with E-state index >= 15 is 0 Å². The van der Waals surface area contributed by atoms with Gasteiger partial charge in [0.25, 0.3) is 0 Å². The number of piperazine rings is 1. The Hall–Kier alpha value is -0.270. The Morgan fingerprint density at radius 3 is 2.30 bits per heavy atom. The van der Waals surface area contributed by atoms with Gasteiger partial charge in [0.05, 0.1) is 0 Å². The van der Waals surface area contributed by atoms with E-state index in [1.54, 1.807) is 0 Å². The Labute approximate surface area is 150 Å². The largest absolute Gasteiger partial charge is 0.389 e. The average molecular weight is 398 g/mol. The van der Waals surface area contributed by atoms with Gasteiger partial charge in [0.15, 0.2) is 0 Å². The number of halogens is 7. The Balaban J connectivity index is 0.00000242. The summed E-state index contributed by atoms with van der Waals surface area (Å²) in [5.41, 5.74) is 0.172. The van der Waals surface area contributed by atoms with Crippen molar-refractivity contribution in [3.63, 3.8) is 0 Å². The van der Waals surface area contributed by atoms with Gasteiger partial charge < -0.3 is 5.32 Å². The molecule has 0 saturated carbocycles. The zero-order valence-corrected chi connectivity index (χ0v) is 14.6. The van der Waals surface area contributed by atoms with Crippen LogP contribution in [0.2, 0.25) is 5.02 Å². The first-order valence-corrected chi connectivity index (χ1v) is 7.22. The second-order valence-electron chi connectivity index (χ2n) is 5.09. The van der Waals surface area contributed by atoms with Crippen molar-refractivity contribution in [2.75, 3.05) is 26.2 Å². The van der Waals surface area contributed by atoms with E-state index < -0.39 is 24.5 Å². The molecule has 1 aromatic carbocycles. The van der Waals surface area contributed by atoms with E-state index in [9.17, 15) is 17.6 Å². The van der Waals surface area contributed by atoms with Crippen molar-refractivity contribution < 1.29 is 17.6 Å². The van der Waals surface area contributed by atoms with E-state index in [1.165, 1.54) is 18.2 Å². The van der Waals surface area contributed by atoms with Crippen LogP contribution in [-0.4, -0.2) is 37.3 Å². The number of benzene rings is 1. The summed E-state index contributed by atoms with van der Waals surface area (Å²) in [5, 5.41) is 3.31. The SMILES string of the molecule is Cl.Cl.Fc1cccc(Cl)c1[C@@H](CCC(F)(F)F)N1CCNCC1. The molecule has 2 nitrogen and oxygen atoms in total. The van der Waals surface area contributed by atoms with Crippen LogP contribution in [0.3, 0.4) is 0 Å². The van der Waals surface area contributed by atoms with Crippen LogP contribution in [0.4, 0.5) is 17.6 Å². The number of nitrogens with one attached hydrogen (secondary N) is 1. The quantitative estimate of drug-likeness (QED) is 0.746. The molecule has 1 aromatic rings. The Morgan fingerprint density at radius 1 is 1.17 bits per heavy atom. The number of hydrogen-bond acceptors (Lipinski definition) is 2. The van der Waals surface area contributed by atoms with Crippen molar-refractivity contribution in [1.82, 2.24) is 10.2 Å². The first kappa shape index (κ1) is 22.7. The summed E-state index contributed by atoms with van der Waals surface area (Å²) in [5.74, 6) is -0.548. The third-order valence-corrected chi connectivity index (χ3v) is 3.96. The number of hydrogen-bond donors (Lipinski definition) is 1. The average Bonchev–Trinajstić information content (AvgIpc) is 2.42. The van der Waals surface area contributed by atoms with Crippen molar-refractivity contribution in [1.29, 1.82) is 0 Å². The van der Waals surface area contributed by atoms with E-state index in [1.807, 2.05) is 4.90 Å². The minimum absolute atomic E-state index is 0. The predicted octanol–water partition coefficient (Wildman–Crippen LogP) is 4.61. The molecule has 1 atom stereocenters. The third-order valence-electron chi connectivity index (χ3n) is 3.63. The molecular weight excluding hydrogens is 379 g/mol. The third kappa shape index (κ3) is 6.63. The fourth-order valence-corrected chi connectivity index (χ4v) is 2.92. The molecule has 0 amide bonds. The molecule has 9 heteroatoms. The van der Waals surface area contributed by atoms with Gasteiger partial charge in [-0.05, 0) is 18.6 Å². The molecule has 1 saturated heterocycles. The molecular formula is C14H19Cl3F4N2. The number of alkyl halides is 3. The first-order valence-electron chi connectivity index (χ1n) is 6.84. The topological polar surface area (TPSA) is 15.3 Å². The maximum atomic E-state index is 14.1. The fraction of sp³-hybridized carbons (Fsp3) is 0.571. The van der Waals surface area contributed by atoms with E-state index in [0.29, 0.717) is 26.2 Å². The summed E-state index contributed by atoms with van der Waals surface area (Å²) in [6.07, 6.45) is -5.40. The molecule has 1 aliphatic rings. The molecule has 1 fully saturated rings. The van der Waals surface area contributed by atoms with Crippen molar-refractivity contribution in [2.24, 2.45) is 0 Å². The summed E-state index contributed by atoms with van der Waals surface area (Å²) >= 11 is 6.03. The van der Waals surface area contributed by atoms with Crippen LogP contribution < -0.4 is 5.32 Å². The lowest BCUT2D eigenvalue weighted by molar-refractivity contribution is -0.138. The first-order chi connectivity index (χ1) is 9.88. The standard InChI is InChI=1S/C14H17ClF4N2.2ClH/c15-10-2-1-3-11(16)13(10)12(4-5-14(17,18)19)21-8-6-20-7-9-21;;/h1-3,12,20H,4-9H2;2*1H/t12-;;/m1../s1. The lowest BCUT2D eigenvalue weighted by atomic mass is 9.98. The van der Waals surface area contributed by atoms with E-state index in [4.69, 9.17) is 11.6 Å². The van der Waals surface area contributed by atoms with E-state index in [2.05, 4.69) is 5.32 Å². The minimum atomic E-state index is -4.26. The highest BCUT2D eigenvalue weighted by molar-refractivity contribution is 6.31. The van der Waals surface area contributed by atoms with Crippen molar-refractivity contribution in [3.8, 4) is 0 Å². The van der Waals surface area contributed by atoms with Crippen LogP contribution in [0.1, 0.15) is 24.4 Å². The molecule has 1 N–H and O–H groups in total. The van der Waals surface area contributed by atoms with Gasteiger partial charge in [0.2, 0.25) is 0 Å². The van der Waals surface area contributed by atoms with Crippen molar-refractivity contribution in [2.45, 2.75) is 25.1 Å². The fourth-order valence-electron chi connectivity index (χ4n) is 2.63. The zero-order chi connectivity index (χ0) is 15.5. The number of nitrogens with zero attached hydrogens (tertiary/aromatic N) is 1. The van der Waals surface area contributed by atoms with Crippen LogP contribution in [0, 0.1) is 5.82 Å². The highest BCUT2D eigenvalue weighted by Crippen LogP contribution is 2.36. The molecule has 2 rings (SSSR count). The minimum Gasteiger partial charge on any atom is -0.314 e. The van der Waals surface area contributed by atoms with Crippen LogP contribution >= 0.6 is 36.4 Å². The summed E-state index contributed by atoms with van der Waals surface area (Å²) < 4.78 is 51.7. The van der Waals surface area contributed by atoms with Crippen LogP contribution in [0.5, 0.6) is 0 Å². The van der Waals surface area contributed by atoms with E-state index in [0.717, 1.165) is 0 Å². The number of rotatable bonds is 4. The van der Waals surface area contributed by atoms with Crippen molar-refractivity contribution in [3.05, 3.63) is 34.6 Å². The smallest absolute Gasteiger partial charge is 0.314 e. The molecule has 1 heterocycles. The van der Waals surface area contributed by atoms with Gasteiger partial charge in [-0.25, -0.2) is 4.39 Å². The molecule has 1 aliphatic heterocycles. The maximum Gasteiger partial charge on any atom is 0.389 e. The van der Waals surface area contributed by atoms with E-state index in [-0.39, 0.29) is 41.8 Å². The van der Waals surface area contributed by atoms with Gasteiger partial charge in [0, 0.05) is 49.2 Å². The van der Waals surface area contributed by atoms with Crippen LogP contribution in [0.15, 0.2) is 18.2 Å². The van der Waals surface area contributed by atoms with Crippen LogP contribution in [-0.2, 0) is 0 Å². The predicted molar refractivity (Wildman–Crippen MR) is 88.4 cm³/mol. The normalized spacial score (nSPS) is 17.1. The van der Waals surface area contributed by atoms with Gasteiger partial charge >= 0.3 is 6.18 Å². The van der Waals surface area contributed by atoms with Gasteiger partial charge in [-0.1, -0.05) is 17.7 Å². The molecule has 0 bridgehead atoms. The van der Waals surface area contributed by atoms with Crippen LogP contribution in [0.25, 0.3) is 0 Å². The molecule has 134 valence electrons.